The van der Waals surface area contributed by atoms with Crippen LogP contribution in [-0.4, -0.2) is 38.1 Å². The molecule has 1 aromatic carbocycles. The molecule has 0 saturated carbocycles. The van der Waals surface area contributed by atoms with Crippen LogP contribution >= 0.6 is 0 Å². The minimum absolute atomic E-state index is 0.0176. The van der Waals surface area contributed by atoms with Crippen LogP contribution in [0.15, 0.2) is 18.2 Å². The zero-order valence-corrected chi connectivity index (χ0v) is 12.0. The summed E-state index contributed by atoms with van der Waals surface area (Å²) in [6, 6.07) is 5.93. The van der Waals surface area contributed by atoms with Gasteiger partial charge in [0.1, 0.15) is 24.2 Å². The van der Waals surface area contributed by atoms with Crippen molar-refractivity contribution in [3.8, 4) is 11.5 Å². The van der Waals surface area contributed by atoms with Crippen LogP contribution in [0.5, 0.6) is 11.5 Å². The Morgan fingerprint density at radius 3 is 3.10 bits per heavy atom. The number of hydrogen-bond donors (Lipinski definition) is 1. The molecule has 114 valence electrons. The van der Waals surface area contributed by atoms with Crippen LogP contribution in [-0.2, 0) is 9.47 Å². The SMILES string of the molecule is NC1COc2cc(OC3CCOC4(CCOC4)C3)ccc21. The van der Waals surface area contributed by atoms with E-state index in [9.17, 15) is 0 Å². The van der Waals surface area contributed by atoms with E-state index in [2.05, 4.69) is 0 Å². The third kappa shape index (κ3) is 2.50. The summed E-state index contributed by atoms with van der Waals surface area (Å²) in [6.07, 6.45) is 2.95. The number of ether oxygens (including phenoxy) is 4. The summed E-state index contributed by atoms with van der Waals surface area (Å²) in [5.74, 6) is 1.70. The molecule has 5 nitrogen and oxygen atoms in total. The Hall–Kier alpha value is -1.30. The molecule has 2 fully saturated rings. The molecule has 5 heteroatoms. The van der Waals surface area contributed by atoms with E-state index in [1.807, 2.05) is 18.2 Å². The highest BCUT2D eigenvalue weighted by Gasteiger charge is 2.41. The maximum atomic E-state index is 6.15. The molecule has 1 aromatic rings. The molecule has 2 saturated heterocycles. The van der Waals surface area contributed by atoms with E-state index in [0.29, 0.717) is 13.2 Å². The molecule has 0 amide bonds. The molecule has 0 bridgehead atoms. The first kappa shape index (κ1) is 13.4. The lowest BCUT2D eigenvalue weighted by molar-refractivity contribution is -0.112. The molecule has 3 aliphatic heterocycles. The molecule has 3 unspecified atom stereocenters. The minimum Gasteiger partial charge on any atom is -0.491 e. The van der Waals surface area contributed by atoms with Gasteiger partial charge in [0.05, 0.1) is 24.9 Å². The lowest BCUT2D eigenvalue weighted by Gasteiger charge is -2.37. The lowest BCUT2D eigenvalue weighted by atomic mass is 9.91. The van der Waals surface area contributed by atoms with E-state index >= 15 is 0 Å². The minimum atomic E-state index is -0.126. The van der Waals surface area contributed by atoms with Crippen molar-refractivity contribution in [1.29, 1.82) is 0 Å². The average Bonchev–Trinajstić information content (AvgIpc) is 3.07. The number of benzene rings is 1. The normalized spacial score (nSPS) is 34.7. The maximum absolute atomic E-state index is 6.15. The molecule has 0 aromatic heterocycles. The van der Waals surface area contributed by atoms with Gasteiger partial charge in [-0.2, -0.15) is 0 Å². The van der Waals surface area contributed by atoms with Crippen molar-refractivity contribution in [2.45, 2.75) is 37.0 Å². The Bertz CT molecular complexity index is 527. The van der Waals surface area contributed by atoms with E-state index in [0.717, 1.165) is 49.5 Å². The van der Waals surface area contributed by atoms with Gasteiger partial charge in [0.2, 0.25) is 0 Å². The van der Waals surface area contributed by atoms with Crippen molar-refractivity contribution in [2.24, 2.45) is 5.73 Å². The van der Waals surface area contributed by atoms with E-state index in [1.54, 1.807) is 0 Å². The van der Waals surface area contributed by atoms with Gasteiger partial charge in [-0.15, -0.1) is 0 Å². The molecular weight excluding hydrogens is 270 g/mol. The second-order valence-corrected chi connectivity index (χ2v) is 6.18. The first-order chi connectivity index (χ1) is 10.2. The lowest BCUT2D eigenvalue weighted by Crippen LogP contribution is -2.44. The van der Waals surface area contributed by atoms with Gasteiger partial charge in [-0.1, -0.05) is 0 Å². The molecule has 3 atom stereocenters. The van der Waals surface area contributed by atoms with Crippen LogP contribution in [0.2, 0.25) is 0 Å². The summed E-state index contributed by atoms with van der Waals surface area (Å²) in [4.78, 5) is 0. The van der Waals surface area contributed by atoms with Crippen molar-refractivity contribution in [2.75, 3.05) is 26.4 Å². The second-order valence-electron chi connectivity index (χ2n) is 6.18. The molecular formula is C16H21NO4. The van der Waals surface area contributed by atoms with Crippen LogP contribution in [0.4, 0.5) is 0 Å². The first-order valence-corrected chi connectivity index (χ1v) is 7.65. The summed E-state index contributed by atoms with van der Waals surface area (Å²) in [5.41, 5.74) is 6.90. The molecule has 21 heavy (non-hydrogen) atoms. The van der Waals surface area contributed by atoms with E-state index < -0.39 is 0 Å². The smallest absolute Gasteiger partial charge is 0.127 e. The fraction of sp³-hybridized carbons (Fsp3) is 0.625. The Labute approximate surface area is 124 Å². The molecule has 4 rings (SSSR count). The van der Waals surface area contributed by atoms with Crippen LogP contribution in [0.3, 0.4) is 0 Å². The summed E-state index contributed by atoms with van der Waals surface area (Å²) in [7, 11) is 0. The van der Waals surface area contributed by atoms with Crippen molar-refractivity contribution in [3.63, 3.8) is 0 Å². The van der Waals surface area contributed by atoms with Crippen LogP contribution in [0.1, 0.15) is 30.9 Å². The highest BCUT2D eigenvalue weighted by molar-refractivity contribution is 5.44. The van der Waals surface area contributed by atoms with Crippen LogP contribution in [0.25, 0.3) is 0 Å². The second kappa shape index (κ2) is 5.16. The van der Waals surface area contributed by atoms with Crippen molar-refractivity contribution in [3.05, 3.63) is 23.8 Å². The fourth-order valence-electron chi connectivity index (χ4n) is 3.43. The molecule has 0 aliphatic carbocycles. The monoisotopic (exact) mass is 291 g/mol. The van der Waals surface area contributed by atoms with E-state index in [4.69, 9.17) is 24.7 Å². The molecule has 1 spiro atoms. The number of hydrogen-bond acceptors (Lipinski definition) is 5. The number of fused-ring (bicyclic) bond motifs is 1. The summed E-state index contributed by atoms with van der Waals surface area (Å²) >= 11 is 0. The number of rotatable bonds is 2. The van der Waals surface area contributed by atoms with Crippen LogP contribution < -0.4 is 15.2 Å². The third-order valence-electron chi connectivity index (χ3n) is 4.62. The van der Waals surface area contributed by atoms with Gasteiger partial charge in [0, 0.05) is 37.5 Å². The summed E-state index contributed by atoms with van der Waals surface area (Å²) in [6.45, 7) is 2.77. The Kier molecular flexibility index (Phi) is 3.28. The van der Waals surface area contributed by atoms with Crippen molar-refractivity contribution >= 4 is 0 Å². The first-order valence-electron chi connectivity index (χ1n) is 7.65. The molecule has 3 heterocycles. The van der Waals surface area contributed by atoms with Gasteiger partial charge in [-0.3, -0.25) is 0 Å². The van der Waals surface area contributed by atoms with Crippen LogP contribution in [0, 0.1) is 0 Å². The van der Waals surface area contributed by atoms with Gasteiger partial charge >= 0.3 is 0 Å². The average molecular weight is 291 g/mol. The van der Waals surface area contributed by atoms with Crippen molar-refractivity contribution in [1.82, 2.24) is 0 Å². The largest absolute Gasteiger partial charge is 0.491 e. The maximum Gasteiger partial charge on any atom is 0.127 e. The molecule has 0 radical (unpaired) electrons. The van der Waals surface area contributed by atoms with Gasteiger partial charge in [-0.05, 0) is 12.1 Å². The van der Waals surface area contributed by atoms with Gasteiger partial charge < -0.3 is 24.7 Å². The summed E-state index contributed by atoms with van der Waals surface area (Å²) in [5, 5.41) is 0. The Morgan fingerprint density at radius 2 is 2.24 bits per heavy atom. The molecule has 3 aliphatic rings. The molecule has 2 N–H and O–H groups in total. The standard InChI is InChI=1S/C16H21NO4/c17-14-9-19-15-7-11(1-2-13(14)15)21-12-3-5-20-16(8-12)4-6-18-10-16/h1-2,7,12,14H,3-6,8-10,17H2. The predicted octanol–water partition coefficient (Wildman–Crippen LogP) is 1.80. The zero-order chi connectivity index (χ0) is 14.3. The predicted molar refractivity (Wildman–Crippen MR) is 76.6 cm³/mol. The highest BCUT2D eigenvalue weighted by atomic mass is 16.6. The Balaban J connectivity index is 1.46. The van der Waals surface area contributed by atoms with Gasteiger partial charge in [-0.25, -0.2) is 0 Å². The fourth-order valence-corrected chi connectivity index (χ4v) is 3.43. The quantitative estimate of drug-likeness (QED) is 0.900. The highest BCUT2D eigenvalue weighted by Crippen LogP contribution is 2.37. The topological polar surface area (TPSA) is 62.9 Å². The van der Waals surface area contributed by atoms with Gasteiger partial charge in [0.15, 0.2) is 0 Å². The van der Waals surface area contributed by atoms with E-state index in [-0.39, 0.29) is 17.7 Å². The number of nitrogens with two attached hydrogens (primary N) is 1. The van der Waals surface area contributed by atoms with E-state index in [1.165, 1.54) is 0 Å². The zero-order valence-electron chi connectivity index (χ0n) is 12.0. The van der Waals surface area contributed by atoms with Gasteiger partial charge in [0.25, 0.3) is 0 Å². The third-order valence-corrected chi connectivity index (χ3v) is 4.62. The Morgan fingerprint density at radius 1 is 1.29 bits per heavy atom. The summed E-state index contributed by atoms with van der Waals surface area (Å²) < 4.78 is 23.2. The van der Waals surface area contributed by atoms with Crippen molar-refractivity contribution < 1.29 is 18.9 Å².